The molecule has 1 aromatic rings. The van der Waals surface area contributed by atoms with Crippen LogP contribution >= 0.6 is 0 Å². The number of carbonyl (C=O) groups excluding carboxylic acids is 1. The summed E-state index contributed by atoms with van der Waals surface area (Å²) in [5, 5.41) is 20.6. The third-order valence-corrected chi connectivity index (χ3v) is 4.85. The van der Waals surface area contributed by atoms with E-state index in [0.717, 1.165) is 4.90 Å². The van der Waals surface area contributed by atoms with E-state index in [2.05, 4.69) is 0 Å². The summed E-state index contributed by atoms with van der Waals surface area (Å²) in [4.78, 5) is 23.3. The molecule has 1 saturated heterocycles. The fourth-order valence-electron chi connectivity index (χ4n) is 3.06. The molecule has 1 unspecified atom stereocenters. The average Bonchev–Trinajstić information content (AvgIpc) is 2.59. The Balaban J connectivity index is 2.22. The Morgan fingerprint density at radius 3 is 2.11 bits per heavy atom. The van der Waals surface area contributed by atoms with Gasteiger partial charge in [-0.1, -0.05) is 0 Å². The van der Waals surface area contributed by atoms with Gasteiger partial charge >= 0.3 is 12.4 Å². The third-order valence-electron chi connectivity index (χ3n) is 4.85. The fourth-order valence-corrected chi connectivity index (χ4v) is 3.06. The Bertz CT molecular complexity index is 767. The van der Waals surface area contributed by atoms with Crippen molar-refractivity contribution in [3.63, 3.8) is 0 Å². The van der Waals surface area contributed by atoms with Gasteiger partial charge in [0.25, 0.3) is 11.6 Å². The molecule has 156 valence electrons. The van der Waals surface area contributed by atoms with Crippen LogP contribution in [0, 0.1) is 16.0 Å². The van der Waals surface area contributed by atoms with Gasteiger partial charge in [0.1, 0.15) is 0 Å². The zero-order valence-corrected chi connectivity index (χ0v) is 14.5. The van der Waals surface area contributed by atoms with E-state index in [1.54, 1.807) is 0 Å². The Morgan fingerprint density at radius 2 is 1.68 bits per heavy atom. The first-order valence-electron chi connectivity index (χ1n) is 8.09. The van der Waals surface area contributed by atoms with Crippen LogP contribution in [0.4, 0.5) is 32.0 Å². The number of benzene rings is 1. The number of likely N-dealkylation sites (tertiary alicyclic amines) is 1. The first-order chi connectivity index (χ1) is 12.6. The molecule has 1 heterocycles. The molecule has 2 rings (SSSR count). The van der Waals surface area contributed by atoms with Crippen LogP contribution in [-0.2, 0) is 6.18 Å². The van der Waals surface area contributed by atoms with Gasteiger partial charge in [-0.25, -0.2) is 0 Å². The topological polar surface area (TPSA) is 83.7 Å². The Morgan fingerprint density at radius 1 is 1.14 bits per heavy atom. The Hall–Kier alpha value is -2.37. The smallest absolute Gasteiger partial charge is 0.380 e. The number of halogens is 6. The van der Waals surface area contributed by atoms with Crippen LogP contribution in [0.5, 0.6) is 0 Å². The highest BCUT2D eigenvalue weighted by atomic mass is 19.4. The molecule has 12 heteroatoms. The van der Waals surface area contributed by atoms with E-state index in [-0.39, 0.29) is 25.9 Å². The van der Waals surface area contributed by atoms with Gasteiger partial charge in [-0.2, -0.15) is 26.3 Å². The van der Waals surface area contributed by atoms with Crippen molar-refractivity contribution >= 4 is 11.6 Å². The van der Waals surface area contributed by atoms with Gasteiger partial charge < -0.3 is 10.0 Å². The van der Waals surface area contributed by atoms with Crippen LogP contribution in [0.3, 0.4) is 0 Å². The van der Waals surface area contributed by atoms with Gasteiger partial charge in [-0.05, 0) is 31.7 Å². The molecule has 1 aromatic carbocycles. The molecule has 0 bridgehead atoms. The number of hydrogen-bond acceptors (Lipinski definition) is 4. The number of nitro benzene ring substituents is 1. The maximum atomic E-state index is 12.9. The number of non-ortho nitro benzene ring substituents is 1. The number of amides is 1. The molecule has 1 amide bonds. The lowest BCUT2D eigenvalue weighted by molar-refractivity contribution is -0.385. The second-order valence-electron chi connectivity index (χ2n) is 6.74. The number of nitro groups is 1. The molecule has 1 fully saturated rings. The Kier molecular flexibility index (Phi) is 5.66. The summed E-state index contributed by atoms with van der Waals surface area (Å²) >= 11 is 0. The Labute approximate surface area is 154 Å². The van der Waals surface area contributed by atoms with Crippen molar-refractivity contribution in [3.8, 4) is 0 Å². The summed E-state index contributed by atoms with van der Waals surface area (Å²) in [5.74, 6) is -2.15. The molecule has 1 aliphatic rings. The predicted molar refractivity (Wildman–Crippen MR) is 83.4 cm³/mol. The quantitative estimate of drug-likeness (QED) is 0.464. The monoisotopic (exact) mass is 414 g/mol. The molecule has 1 N–H and O–H groups in total. The summed E-state index contributed by atoms with van der Waals surface area (Å²) in [6.45, 7) is 0.158. The molecular formula is C16H16F6N2O4. The highest BCUT2D eigenvalue weighted by Gasteiger charge is 2.55. The number of alkyl halides is 6. The van der Waals surface area contributed by atoms with Crippen molar-refractivity contribution < 1.29 is 41.2 Å². The van der Waals surface area contributed by atoms with Crippen molar-refractivity contribution in [1.29, 1.82) is 0 Å². The second kappa shape index (κ2) is 7.22. The predicted octanol–water partition coefficient (Wildman–Crippen LogP) is 3.78. The first-order valence-corrected chi connectivity index (χ1v) is 8.09. The molecule has 0 saturated carbocycles. The fraction of sp³-hybridized carbons (Fsp3) is 0.562. The summed E-state index contributed by atoms with van der Waals surface area (Å²) in [6, 6.07) is 1.45. The SMILES string of the molecule is CC(O)(C1CCN(C(=O)c2cc([N+](=O)[O-])cc(C(F)(F)F)c2)CC1)C(F)(F)F. The molecule has 28 heavy (non-hydrogen) atoms. The third kappa shape index (κ3) is 4.37. The lowest BCUT2D eigenvalue weighted by Gasteiger charge is -2.40. The number of carbonyl (C=O) groups is 1. The van der Waals surface area contributed by atoms with Gasteiger partial charge in [0.05, 0.1) is 10.5 Å². The summed E-state index contributed by atoms with van der Waals surface area (Å²) < 4.78 is 77.5. The highest BCUT2D eigenvalue weighted by molar-refractivity contribution is 5.95. The number of aliphatic hydroxyl groups is 1. The standard InChI is InChI=1S/C16H16F6N2O4/c1-14(26,16(20,21)22)10-2-4-23(5-3-10)13(25)9-6-11(15(17,18)19)8-12(7-9)24(27)28/h6-8,10,26H,2-5H2,1H3. The van der Waals surface area contributed by atoms with Crippen molar-refractivity contribution in [2.45, 2.75) is 37.7 Å². The van der Waals surface area contributed by atoms with Crippen LogP contribution < -0.4 is 0 Å². The van der Waals surface area contributed by atoms with E-state index in [4.69, 9.17) is 0 Å². The van der Waals surface area contributed by atoms with Crippen molar-refractivity contribution in [2.24, 2.45) is 5.92 Å². The van der Waals surface area contributed by atoms with Crippen molar-refractivity contribution in [2.75, 3.05) is 13.1 Å². The van der Waals surface area contributed by atoms with E-state index in [0.29, 0.717) is 25.1 Å². The van der Waals surface area contributed by atoms with Gasteiger partial charge in [-0.15, -0.1) is 0 Å². The lowest BCUT2D eigenvalue weighted by atomic mass is 9.81. The normalized spacial score (nSPS) is 18.6. The summed E-state index contributed by atoms with van der Waals surface area (Å²) in [7, 11) is 0. The molecule has 0 radical (unpaired) electrons. The zero-order chi connectivity index (χ0) is 21.5. The second-order valence-corrected chi connectivity index (χ2v) is 6.74. The summed E-state index contributed by atoms with van der Waals surface area (Å²) in [5.41, 5.74) is -5.84. The van der Waals surface area contributed by atoms with Gasteiger partial charge in [0.15, 0.2) is 5.60 Å². The van der Waals surface area contributed by atoms with Crippen LogP contribution in [0.15, 0.2) is 18.2 Å². The maximum Gasteiger partial charge on any atom is 0.417 e. The van der Waals surface area contributed by atoms with E-state index in [1.807, 2.05) is 0 Å². The van der Waals surface area contributed by atoms with Crippen LogP contribution in [0.2, 0.25) is 0 Å². The molecule has 1 aliphatic heterocycles. The molecule has 0 aromatic heterocycles. The van der Waals surface area contributed by atoms with E-state index >= 15 is 0 Å². The van der Waals surface area contributed by atoms with Crippen LogP contribution in [-0.4, -0.2) is 45.7 Å². The minimum atomic E-state index is -4.92. The lowest BCUT2D eigenvalue weighted by Crippen LogP contribution is -2.53. The van der Waals surface area contributed by atoms with E-state index in [1.165, 1.54) is 0 Å². The van der Waals surface area contributed by atoms with Gasteiger partial charge in [0, 0.05) is 30.8 Å². The van der Waals surface area contributed by atoms with Gasteiger partial charge in [-0.3, -0.25) is 14.9 Å². The molecule has 1 atom stereocenters. The minimum Gasteiger partial charge on any atom is -0.380 e. The number of rotatable bonds is 3. The van der Waals surface area contributed by atoms with E-state index < -0.39 is 51.5 Å². The molecule has 6 nitrogen and oxygen atoms in total. The molecule has 0 aliphatic carbocycles. The first kappa shape index (κ1) is 21.9. The maximum absolute atomic E-state index is 12.9. The van der Waals surface area contributed by atoms with Gasteiger partial charge in [0.2, 0.25) is 0 Å². The number of nitrogens with zero attached hydrogens (tertiary/aromatic N) is 2. The van der Waals surface area contributed by atoms with Crippen LogP contribution in [0.1, 0.15) is 35.7 Å². The average molecular weight is 414 g/mol. The van der Waals surface area contributed by atoms with E-state index in [9.17, 15) is 46.4 Å². The largest absolute Gasteiger partial charge is 0.417 e. The minimum absolute atomic E-state index is 0.223. The van der Waals surface area contributed by atoms with Crippen molar-refractivity contribution in [3.05, 3.63) is 39.4 Å². The number of piperidine rings is 1. The summed E-state index contributed by atoms with van der Waals surface area (Å²) in [6.07, 6.45) is -10.2. The molecule has 0 spiro atoms. The van der Waals surface area contributed by atoms with Crippen LogP contribution in [0.25, 0.3) is 0 Å². The van der Waals surface area contributed by atoms with Crippen molar-refractivity contribution in [1.82, 2.24) is 4.90 Å². The number of hydrogen-bond donors (Lipinski definition) is 1. The molecular weight excluding hydrogens is 398 g/mol. The zero-order valence-electron chi connectivity index (χ0n) is 14.5. The highest BCUT2D eigenvalue weighted by Crippen LogP contribution is 2.41.